The molecule has 0 spiro atoms. The molecule has 0 bridgehead atoms. The van der Waals surface area contributed by atoms with Gasteiger partial charge in [0.2, 0.25) is 0 Å². The van der Waals surface area contributed by atoms with Crippen molar-refractivity contribution in [3.05, 3.63) is 101 Å². The van der Waals surface area contributed by atoms with Gasteiger partial charge in [0.1, 0.15) is 0 Å². The Hall–Kier alpha value is -0.600. The molecule has 1 aliphatic rings. The second kappa shape index (κ2) is 7.67. The molecular weight excluding hydrogens is 465 g/mol. The highest BCUT2D eigenvalue weighted by atomic mass is 35.5. The Morgan fingerprint density at radius 1 is 0.407 bits per heavy atom. The summed E-state index contributed by atoms with van der Waals surface area (Å²) < 4.78 is 0. The van der Waals surface area contributed by atoms with Crippen molar-refractivity contribution in [3.63, 3.8) is 0 Å². The molecule has 6 heteroatoms. The predicted octanol–water partition coefficient (Wildman–Crippen LogP) is 9.27. The van der Waals surface area contributed by atoms with E-state index in [9.17, 15) is 0 Å². The first-order chi connectivity index (χ1) is 12.9. The molecule has 0 heterocycles. The first-order valence-electron chi connectivity index (χ1n) is 8.21. The lowest BCUT2D eigenvalue weighted by atomic mass is 10.0. The highest BCUT2D eigenvalue weighted by Crippen LogP contribution is 2.68. The molecule has 0 nitrogen and oxygen atoms in total. The molecule has 0 atom stereocenters. The van der Waals surface area contributed by atoms with Gasteiger partial charge in [0.25, 0.3) is 0 Å². The maximum Gasteiger partial charge on any atom is 0.0456 e. The van der Waals surface area contributed by atoms with Crippen molar-refractivity contribution in [2.75, 3.05) is 0 Å². The summed E-state index contributed by atoms with van der Waals surface area (Å²) in [6.07, 6.45) is 0. The minimum Gasteiger partial charge on any atom is -0.0843 e. The summed E-state index contributed by atoms with van der Waals surface area (Å²) in [7, 11) is 0. The van der Waals surface area contributed by atoms with E-state index in [-0.39, 0.29) is 17.8 Å². The number of hydrogen-bond acceptors (Lipinski definition) is 0. The topological polar surface area (TPSA) is 0 Å². The Balaban J connectivity index is 1.83. The molecular formula is C21H12Cl6. The highest BCUT2D eigenvalue weighted by molar-refractivity contribution is 6.36. The summed E-state index contributed by atoms with van der Waals surface area (Å²) in [5.41, 5.74) is 3.06. The van der Waals surface area contributed by atoms with Crippen LogP contribution in [-0.2, 0) is 0 Å². The third kappa shape index (κ3) is 3.81. The summed E-state index contributed by atoms with van der Waals surface area (Å²) in [5, 5.41) is 3.71. The predicted molar refractivity (Wildman–Crippen MR) is 118 cm³/mol. The summed E-state index contributed by atoms with van der Waals surface area (Å²) in [4.78, 5) is 0. The van der Waals surface area contributed by atoms with Gasteiger partial charge in [-0.05, 0) is 53.1 Å². The van der Waals surface area contributed by atoms with Gasteiger partial charge in [-0.15, -0.1) is 0 Å². The number of benzene rings is 3. The second-order valence-corrected chi connectivity index (χ2v) is 9.11. The first kappa shape index (κ1) is 19.7. The van der Waals surface area contributed by atoms with Crippen molar-refractivity contribution in [2.24, 2.45) is 0 Å². The minimum absolute atomic E-state index is 0.132. The normalized spacial score (nSPS) is 21.3. The number of halogens is 6. The third-order valence-corrected chi connectivity index (χ3v) is 6.67. The second-order valence-electron chi connectivity index (χ2n) is 6.57. The Bertz CT molecular complexity index is 891. The van der Waals surface area contributed by atoms with Crippen LogP contribution in [-0.4, -0.2) is 0 Å². The molecule has 1 aliphatic carbocycles. The molecule has 27 heavy (non-hydrogen) atoms. The molecule has 0 aliphatic heterocycles. The fraction of sp³-hybridized carbons (Fsp3) is 0.143. The molecule has 138 valence electrons. The molecule has 3 aromatic carbocycles. The van der Waals surface area contributed by atoms with Gasteiger partial charge in [0.05, 0.1) is 0 Å². The highest BCUT2D eigenvalue weighted by Gasteiger charge is 2.54. The van der Waals surface area contributed by atoms with Crippen molar-refractivity contribution < 1.29 is 0 Å². The standard InChI is InChI=1S/C21H12Cl6/c22-10-1-4-13(16(25)7-10)19-20(14-5-2-11(23)8-17(14)26)21(19)15-6-3-12(24)9-18(15)27/h1-9,19-21H. The van der Waals surface area contributed by atoms with E-state index in [0.717, 1.165) is 16.7 Å². The van der Waals surface area contributed by atoms with Crippen LogP contribution in [0, 0.1) is 0 Å². The minimum atomic E-state index is 0.132. The van der Waals surface area contributed by atoms with E-state index >= 15 is 0 Å². The maximum absolute atomic E-state index is 6.51. The van der Waals surface area contributed by atoms with Crippen LogP contribution in [0.4, 0.5) is 0 Å². The number of hydrogen-bond donors (Lipinski definition) is 0. The molecule has 4 rings (SSSR count). The van der Waals surface area contributed by atoms with E-state index in [4.69, 9.17) is 69.6 Å². The summed E-state index contributed by atoms with van der Waals surface area (Å²) in [6, 6.07) is 16.7. The molecule has 0 amide bonds. The van der Waals surface area contributed by atoms with Gasteiger partial charge in [0, 0.05) is 47.9 Å². The molecule has 3 aromatic rings. The van der Waals surface area contributed by atoms with Gasteiger partial charge >= 0.3 is 0 Å². The molecule has 1 saturated carbocycles. The monoisotopic (exact) mass is 474 g/mol. The van der Waals surface area contributed by atoms with Gasteiger partial charge in [-0.25, -0.2) is 0 Å². The van der Waals surface area contributed by atoms with Crippen LogP contribution in [0.5, 0.6) is 0 Å². The fourth-order valence-electron chi connectivity index (χ4n) is 3.79. The van der Waals surface area contributed by atoms with Crippen molar-refractivity contribution >= 4 is 69.6 Å². The molecule has 0 radical (unpaired) electrons. The lowest BCUT2D eigenvalue weighted by Crippen LogP contribution is -1.87. The van der Waals surface area contributed by atoms with Crippen molar-refractivity contribution in [1.29, 1.82) is 0 Å². The van der Waals surface area contributed by atoms with Crippen LogP contribution in [0.15, 0.2) is 54.6 Å². The van der Waals surface area contributed by atoms with Crippen molar-refractivity contribution in [1.82, 2.24) is 0 Å². The SMILES string of the molecule is Clc1ccc(C2C(c3ccc(Cl)cc3Cl)C2c2ccc(Cl)cc2Cl)c(Cl)c1. The number of rotatable bonds is 3. The average Bonchev–Trinajstić information content (AvgIpc) is 3.29. The van der Waals surface area contributed by atoms with Crippen molar-refractivity contribution in [2.45, 2.75) is 17.8 Å². The summed E-state index contributed by atoms with van der Waals surface area (Å²) >= 11 is 37.8. The third-order valence-electron chi connectivity index (χ3n) is 4.98. The van der Waals surface area contributed by atoms with Gasteiger partial charge in [-0.1, -0.05) is 87.8 Å². The van der Waals surface area contributed by atoms with Crippen LogP contribution < -0.4 is 0 Å². The van der Waals surface area contributed by atoms with Gasteiger partial charge < -0.3 is 0 Å². The molecule has 0 saturated heterocycles. The van der Waals surface area contributed by atoms with Crippen molar-refractivity contribution in [3.8, 4) is 0 Å². The van der Waals surface area contributed by atoms with Crippen LogP contribution in [0.3, 0.4) is 0 Å². The summed E-state index contributed by atoms with van der Waals surface area (Å²) in [5.74, 6) is 0.395. The molecule has 0 aromatic heterocycles. The zero-order valence-electron chi connectivity index (χ0n) is 13.7. The van der Waals surface area contributed by atoms with Crippen LogP contribution in [0.25, 0.3) is 0 Å². The van der Waals surface area contributed by atoms with Crippen LogP contribution in [0.2, 0.25) is 30.1 Å². The Morgan fingerprint density at radius 2 is 0.667 bits per heavy atom. The first-order valence-corrected chi connectivity index (χ1v) is 10.5. The zero-order valence-corrected chi connectivity index (χ0v) is 18.2. The Labute approximate surface area is 187 Å². The van der Waals surface area contributed by atoms with E-state index in [1.807, 2.05) is 36.4 Å². The molecule has 0 N–H and O–H groups in total. The van der Waals surface area contributed by atoms with E-state index in [2.05, 4.69) is 0 Å². The summed E-state index contributed by atoms with van der Waals surface area (Å²) in [6.45, 7) is 0. The van der Waals surface area contributed by atoms with Gasteiger partial charge in [0.15, 0.2) is 0 Å². The van der Waals surface area contributed by atoms with Gasteiger partial charge in [-0.2, -0.15) is 0 Å². The molecule has 1 fully saturated rings. The smallest absolute Gasteiger partial charge is 0.0456 e. The molecule has 0 unspecified atom stereocenters. The van der Waals surface area contributed by atoms with E-state index in [1.54, 1.807) is 18.2 Å². The van der Waals surface area contributed by atoms with Crippen LogP contribution in [0.1, 0.15) is 34.4 Å². The average molecular weight is 477 g/mol. The van der Waals surface area contributed by atoms with Gasteiger partial charge in [-0.3, -0.25) is 0 Å². The Kier molecular flexibility index (Phi) is 5.60. The van der Waals surface area contributed by atoms with E-state index < -0.39 is 0 Å². The lowest BCUT2D eigenvalue weighted by Gasteiger charge is -2.06. The fourth-order valence-corrected chi connectivity index (χ4v) is 5.39. The lowest BCUT2D eigenvalue weighted by molar-refractivity contribution is 1.03. The maximum atomic E-state index is 6.51. The largest absolute Gasteiger partial charge is 0.0843 e. The Morgan fingerprint density at radius 3 is 0.889 bits per heavy atom. The van der Waals surface area contributed by atoms with E-state index in [1.165, 1.54) is 0 Å². The van der Waals surface area contributed by atoms with E-state index in [0.29, 0.717) is 30.1 Å². The quantitative estimate of drug-likeness (QED) is 0.353. The van der Waals surface area contributed by atoms with Crippen LogP contribution >= 0.6 is 69.6 Å². The zero-order chi connectivity index (χ0) is 19.3.